The number of esters is 3. The van der Waals surface area contributed by atoms with E-state index in [1.807, 2.05) is 30.3 Å². The fraction of sp³-hybridized carbons (Fsp3) is 0.417. The zero-order valence-electron chi connectivity index (χ0n) is 29.7. The number of nitrogens with zero attached hydrogens (tertiary/aromatic N) is 5. The molecule has 2 aliphatic heterocycles. The van der Waals surface area contributed by atoms with E-state index >= 15 is 0 Å². The summed E-state index contributed by atoms with van der Waals surface area (Å²) in [6.45, 7) is 0.324. The minimum absolute atomic E-state index is 0.0407. The van der Waals surface area contributed by atoms with Gasteiger partial charge in [0.25, 0.3) is 5.56 Å². The second kappa shape index (κ2) is 16.3. The Morgan fingerprint density at radius 3 is 2.67 bits per heavy atom. The van der Waals surface area contributed by atoms with Crippen LogP contribution in [0, 0.1) is 0 Å². The van der Waals surface area contributed by atoms with Gasteiger partial charge in [-0.3, -0.25) is 14.4 Å². The van der Waals surface area contributed by atoms with Crippen molar-refractivity contribution in [1.82, 2.24) is 35.2 Å². The molecule has 1 aromatic carbocycles. The number of cyclic esters (lactones) is 1. The van der Waals surface area contributed by atoms with Gasteiger partial charge in [0.05, 0.1) is 47.3 Å². The first kappa shape index (κ1) is 37.7. The number of fused-ring (bicyclic) bond motifs is 5. The molecular weight excluding hydrogens is 706 g/mol. The normalized spacial score (nSPS) is 16.1. The number of aromatic nitrogens is 5. The maximum atomic E-state index is 13.7. The summed E-state index contributed by atoms with van der Waals surface area (Å²) in [6.07, 6.45) is 2.98. The van der Waals surface area contributed by atoms with Crippen molar-refractivity contribution >= 4 is 40.7 Å². The molecular formula is C36H39N7O11. The Kier molecular flexibility index (Phi) is 11.4. The number of carbonyl (C=O) groups excluding carboxylic acids is 4. The third-order valence-corrected chi connectivity index (χ3v) is 9.29. The number of hydrogen-bond acceptors (Lipinski definition) is 14. The van der Waals surface area contributed by atoms with E-state index in [4.69, 9.17) is 29.0 Å². The monoisotopic (exact) mass is 745 g/mol. The van der Waals surface area contributed by atoms with E-state index in [0.717, 1.165) is 16.5 Å². The minimum Gasteiger partial charge on any atom is -0.480 e. The topological polar surface area (TPSA) is 232 Å². The Bertz CT molecular complexity index is 2160. The van der Waals surface area contributed by atoms with Crippen molar-refractivity contribution in [2.24, 2.45) is 0 Å². The highest BCUT2D eigenvalue weighted by Crippen LogP contribution is 2.41. The Morgan fingerprint density at radius 2 is 1.89 bits per heavy atom. The van der Waals surface area contributed by atoms with Crippen LogP contribution in [0.25, 0.3) is 22.3 Å². The van der Waals surface area contributed by atoms with Crippen molar-refractivity contribution < 1.29 is 48.0 Å². The summed E-state index contributed by atoms with van der Waals surface area (Å²) in [7, 11) is 1.58. The molecule has 3 N–H and O–H groups in total. The van der Waals surface area contributed by atoms with Crippen LogP contribution in [0.5, 0.6) is 0 Å². The van der Waals surface area contributed by atoms with Gasteiger partial charge in [-0.1, -0.05) is 30.3 Å². The number of para-hydroxylation sites is 1. The van der Waals surface area contributed by atoms with Crippen LogP contribution in [0.3, 0.4) is 0 Å². The van der Waals surface area contributed by atoms with Crippen LogP contribution in [-0.4, -0.2) is 92.3 Å². The smallest absolute Gasteiger partial charge is 0.355 e. The number of carbonyl (C=O) groups is 5. The van der Waals surface area contributed by atoms with Crippen LogP contribution in [0.1, 0.15) is 55.0 Å². The fourth-order valence-electron chi connectivity index (χ4n) is 6.51. The number of benzene rings is 1. The molecule has 2 atom stereocenters. The molecule has 5 heterocycles. The predicted octanol–water partition coefficient (Wildman–Crippen LogP) is 0.941. The number of nitrogens with one attached hydrogen (secondary N) is 2. The summed E-state index contributed by atoms with van der Waals surface area (Å²) >= 11 is 0. The molecule has 0 aliphatic carbocycles. The molecule has 0 spiro atoms. The number of likely N-dealkylation sites (N-methyl/N-ethyl adjacent to an activating group) is 1. The van der Waals surface area contributed by atoms with E-state index in [1.165, 1.54) is 10.9 Å². The first-order valence-corrected chi connectivity index (χ1v) is 17.4. The Hall–Kier alpha value is -6.01. The number of amides is 1. The first-order valence-electron chi connectivity index (χ1n) is 17.4. The maximum Gasteiger partial charge on any atom is 0.355 e. The molecule has 0 bridgehead atoms. The highest BCUT2D eigenvalue weighted by molar-refractivity contribution is 5.88. The molecule has 6 rings (SSSR count). The highest BCUT2D eigenvalue weighted by atomic mass is 16.6. The van der Waals surface area contributed by atoms with Gasteiger partial charge in [-0.05, 0) is 50.9 Å². The molecule has 0 fully saturated rings. The van der Waals surface area contributed by atoms with Gasteiger partial charge in [-0.15, -0.1) is 5.10 Å². The van der Waals surface area contributed by atoms with Crippen molar-refractivity contribution in [3.8, 4) is 11.4 Å². The van der Waals surface area contributed by atoms with Gasteiger partial charge in [-0.2, -0.15) is 0 Å². The fourth-order valence-corrected chi connectivity index (χ4v) is 6.51. The second-order valence-electron chi connectivity index (χ2n) is 12.8. The van der Waals surface area contributed by atoms with Crippen molar-refractivity contribution in [1.29, 1.82) is 0 Å². The molecule has 18 heteroatoms. The van der Waals surface area contributed by atoms with Gasteiger partial charge >= 0.3 is 23.9 Å². The van der Waals surface area contributed by atoms with Gasteiger partial charge in [0.1, 0.15) is 25.9 Å². The van der Waals surface area contributed by atoms with Crippen molar-refractivity contribution in [2.45, 2.75) is 70.6 Å². The lowest BCUT2D eigenvalue weighted by atomic mass is 9.85. The second-order valence-corrected chi connectivity index (χ2v) is 12.8. The lowest BCUT2D eigenvalue weighted by molar-refractivity contribution is -0.192. The Labute approximate surface area is 307 Å². The molecule has 18 nitrogen and oxygen atoms in total. The summed E-state index contributed by atoms with van der Waals surface area (Å²) in [5.74, 6) is -3.87. The molecule has 3 aromatic heterocycles. The maximum absolute atomic E-state index is 13.7. The average molecular weight is 746 g/mol. The quantitative estimate of drug-likeness (QED) is 0.0683. The van der Waals surface area contributed by atoms with Crippen molar-refractivity contribution in [3.05, 3.63) is 75.3 Å². The van der Waals surface area contributed by atoms with Crippen LogP contribution in [0.2, 0.25) is 0 Å². The average Bonchev–Trinajstić information content (AvgIpc) is 3.76. The zero-order valence-corrected chi connectivity index (χ0v) is 29.7. The predicted molar refractivity (Wildman–Crippen MR) is 186 cm³/mol. The third-order valence-electron chi connectivity index (χ3n) is 9.29. The van der Waals surface area contributed by atoms with Crippen LogP contribution >= 0.6 is 0 Å². The first-order chi connectivity index (χ1) is 26.0. The van der Waals surface area contributed by atoms with Crippen LogP contribution < -0.4 is 16.2 Å². The van der Waals surface area contributed by atoms with E-state index in [-0.39, 0.29) is 48.8 Å². The van der Waals surface area contributed by atoms with Crippen molar-refractivity contribution in [2.75, 3.05) is 26.8 Å². The number of carboxylic acids is 1. The van der Waals surface area contributed by atoms with Gasteiger partial charge < -0.3 is 39.3 Å². The van der Waals surface area contributed by atoms with E-state index in [9.17, 15) is 28.8 Å². The molecule has 0 saturated carbocycles. The van der Waals surface area contributed by atoms with E-state index in [2.05, 4.69) is 20.9 Å². The third kappa shape index (κ3) is 7.98. The number of rotatable bonds is 17. The highest BCUT2D eigenvalue weighted by Gasteiger charge is 2.50. The van der Waals surface area contributed by atoms with Crippen LogP contribution in [-0.2, 0) is 74.8 Å². The molecule has 1 amide bonds. The summed E-state index contributed by atoms with van der Waals surface area (Å²) in [6, 6.07) is 10.6. The number of hydrogen-bond donors (Lipinski definition) is 3. The molecule has 0 unspecified atom stereocenters. The molecule has 0 saturated heterocycles. The largest absolute Gasteiger partial charge is 0.480 e. The lowest BCUT2D eigenvalue weighted by Gasteiger charge is -2.35. The van der Waals surface area contributed by atoms with Crippen LogP contribution in [0.15, 0.2) is 47.4 Å². The lowest BCUT2D eigenvalue weighted by Crippen LogP contribution is -2.48. The summed E-state index contributed by atoms with van der Waals surface area (Å²) in [5.41, 5.74) is 1.11. The van der Waals surface area contributed by atoms with E-state index in [1.54, 1.807) is 24.6 Å². The molecule has 4 aromatic rings. The van der Waals surface area contributed by atoms with Gasteiger partial charge in [0, 0.05) is 23.1 Å². The number of pyridine rings is 2. The minimum atomic E-state index is -1.93. The molecule has 0 radical (unpaired) electrons. The number of carboxylic acid groups (broad SMARTS) is 1. The summed E-state index contributed by atoms with van der Waals surface area (Å²) in [5, 5.41) is 23.2. The SMILES string of the molecule is CC[C@@]1(OC(=O)COCC(=O)OCn2cc(CC(=O)NCCCC[C@H](NC)C(=O)O)nn2)C(=O)OCc2c1cc1n(c2=O)Cc2cc3ccccc3nc2-1. The van der Waals surface area contributed by atoms with Crippen molar-refractivity contribution in [3.63, 3.8) is 0 Å². The summed E-state index contributed by atoms with van der Waals surface area (Å²) < 4.78 is 24.2. The standard InChI is InChI=1S/C36H39N7O11/c1-3-36(25-14-28-32-22(12-21-8-4-5-9-26(21)39-32)15-43(28)33(47)24(25)17-52-35(36)50)54-31(46)19-51-18-30(45)53-20-42-16-23(40-41-42)13-29(44)38-11-7-6-10-27(37-2)34(48)49/h4-5,8-9,12,14,16,27,37H,3,6-7,10-11,13,15,17-20H2,1-2H3,(H,38,44)(H,48,49)/t27-,36-/m0/s1. The Balaban J connectivity index is 0.989. The number of ether oxygens (including phenoxy) is 4. The Morgan fingerprint density at radius 1 is 1.09 bits per heavy atom. The molecule has 2 aliphatic rings. The van der Waals surface area contributed by atoms with Gasteiger partial charge in [-0.25, -0.2) is 24.0 Å². The number of unbranched alkanes of at least 4 members (excludes halogenated alkanes) is 1. The number of aliphatic carboxylic acids is 1. The van der Waals surface area contributed by atoms with Gasteiger partial charge in [0.15, 0.2) is 6.73 Å². The van der Waals surface area contributed by atoms with E-state index < -0.39 is 48.7 Å². The molecule has 54 heavy (non-hydrogen) atoms. The zero-order chi connectivity index (χ0) is 38.4. The van der Waals surface area contributed by atoms with Gasteiger partial charge in [0.2, 0.25) is 11.5 Å². The van der Waals surface area contributed by atoms with E-state index in [0.29, 0.717) is 49.4 Å². The van der Waals surface area contributed by atoms with Crippen LogP contribution in [0.4, 0.5) is 0 Å². The molecule has 284 valence electrons. The summed E-state index contributed by atoms with van der Waals surface area (Å²) in [4.78, 5) is 80.4.